The van der Waals surface area contributed by atoms with Crippen molar-refractivity contribution in [1.82, 2.24) is 4.90 Å². The second kappa shape index (κ2) is 5.89. The predicted molar refractivity (Wildman–Crippen MR) is 67.6 cm³/mol. The van der Waals surface area contributed by atoms with Gasteiger partial charge in [0.1, 0.15) is 11.3 Å². The Labute approximate surface area is 110 Å². The van der Waals surface area contributed by atoms with Crippen molar-refractivity contribution in [3.8, 4) is 0 Å². The van der Waals surface area contributed by atoms with Crippen LogP contribution in [-0.4, -0.2) is 60.1 Å². The summed E-state index contributed by atoms with van der Waals surface area (Å²) in [7, 11) is -3.81. The number of hydrogen-bond donors (Lipinski definition) is 2. The third-order valence-corrected chi connectivity index (χ3v) is 4.73. The number of carbonyl (C=O) groups is 2. The minimum Gasteiger partial charge on any atom is -0.480 e. The van der Waals surface area contributed by atoms with Crippen LogP contribution >= 0.6 is 11.8 Å². The van der Waals surface area contributed by atoms with Crippen LogP contribution < -0.4 is 5.14 Å². The summed E-state index contributed by atoms with van der Waals surface area (Å²) in [5.74, 6) is -1.00. The molecule has 1 rings (SSSR count). The van der Waals surface area contributed by atoms with Crippen LogP contribution in [0.2, 0.25) is 0 Å². The molecule has 9 heteroatoms. The SMILES string of the molecule is CSCCC(C(=O)O)N1CC(S(N)(=O)=O)CC1=O. The normalized spacial score (nSPS) is 22.2. The van der Waals surface area contributed by atoms with Crippen molar-refractivity contribution in [2.24, 2.45) is 5.14 Å². The van der Waals surface area contributed by atoms with E-state index >= 15 is 0 Å². The molecule has 18 heavy (non-hydrogen) atoms. The Morgan fingerprint density at radius 3 is 2.67 bits per heavy atom. The summed E-state index contributed by atoms with van der Waals surface area (Å²) < 4.78 is 22.4. The first kappa shape index (κ1) is 15.3. The van der Waals surface area contributed by atoms with E-state index < -0.39 is 33.2 Å². The monoisotopic (exact) mass is 296 g/mol. The van der Waals surface area contributed by atoms with Crippen molar-refractivity contribution in [3.63, 3.8) is 0 Å². The molecule has 2 unspecified atom stereocenters. The van der Waals surface area contributed by atoms with E-state index in [2.05, 4.69) is 0 Å². The maximum Gasteiger partial charge on any atom is 0.326 e. The van der Waals surface area contributed by atoms with Crippen LogP contribution in [0.1, 0.15) is 12.8 Å². The topological polar surface area (TPSA) is 118 Å². The number of primary sulfonamides is 1. The molecule has 2 atom stereocenters. The van der Waals surface area contributed by atoms with Crippen LogP contribution in [-0.2, 0) is 19.6 Å². The van der Waals surface area contributed by atoms with E-state index in [1.807, 2.05) is 6.26 Å². The first-order valence-corrected chi connectivity index (χ1v) is 8.30. The molecular formula is C9H16N2O5S2. The molecule has 0 saturated carbocycles. The number of carbonyl (C=O) groups excluding carboxylic acids is 1. The average Bonchev–Trinajstić information content (AvgIpc) is 2.60. The Kier molecular flexibility index (Phi) is 5.00. The maximum absolute atomic E-state index is 11.7. The summed E-state index contributed by atoms with van der Waals surface area (Å²) in [4.78, 5) is 23.9. The molecule has 1 aliphatic rings. The average molecular weight is 296 g/mol. The smallest absolute Gasteiger partial charge is 0.326 e. The third-order valence-electron chi connectivity index (χ3n) is 2.84. The van der Waals surface area contributed by atoms with Gasteiger partial charge in [0.05, 0.1) is 0 Å². The minimum atomic E-state index is -3.81. The van der Waals surface area contributed by atoms with E-state index in [1.54, 1.807) is 0 Å². The van der Waals surface area contributed by atoms with E-state index in [9.17, 15) is 18.0 Å². The van der Waals surface area contributed by atoms with Gasteiger partial charge in [-0.1, -0.05) is 0 Å². The fourth-order valence-corrected chi connectivity index (χ4v) is 3.06. The fourth-order valence-electron chi connectivity index (χ4n) is 1.86. The van der Waals surface area contributed by atoms with Crippen molar-refractivity contribution in [3.05, 3.63) is 0 Å². The summed E-state index contributed by atoms with van der Waals surface area (Å²) in [5, 5.41) is 13.1. The summed E-state index contributed by atoms with van der Waals surface area (Å²) in [6, 6.07) is -0.975. The number of carboxylic acid groups (broad SMARTS) is 1. The molecule has 1 fully saturated rings. The van der Waals surface area contributed by atoms with Crippen molar-refractivity contribution >= 4 is 33.7 Å². The van der Waals surface area contributed by atoms with Gasteiger partial charge in [0, 0.05) is 13.0 Å². The molecule has 0 aromatic heterocycles. The van der Waals surface area contributed by atoms with Crippen molar-refractivity contribution < 1.29 is 23.1 Å². The number of rotatable bonds is 6. The van der Waals surface area contributed by atoms with Crippen molar-refractivity contribution in [2.45, 2.75) is 24.1 Å². The Balaban J connectivity index is 2.81. The lowest BCUT2D eigenvalue weighted by Crippen LogP contribution is -2.43. The van der Waals surface area contributed by atoms with E-state index in [-0.39, 0.29) is 13.0 Å². The number of likely N-dealkylation sites (tertiary alicyclic amines) is 1. The summed E-state index contributed by atoms with van der Waals surface area (Å²) in [6.45, 7) is -0.136. The number of aliphatic carboxylic acids is 1. The van der Waals surface area contributed by atoms with Crippen LogP contribution in [0.15, 0.2) is 0 Å². The lowest BCUT2D eigenvalue weighted by molar-refractivity contribution is -0.148. The summed E-state index contributed by atoms with van der Waals surface area (Å²) >= 11 is 1.47. The van der Waals surface area contributed by atoms with Crippen LogP contribution in [0.3, 0.4) is 0 Å². The quantitative estimate of drug-likeness (QED) is 0.654. The van der Waals surface area contributed by atoms with Gasteiger partial charge in [-0.15, -0.1) is 0 Å². The van der Waals surface area contributed by atoms with Gasteiger partial charge in [-0.25, -0.2) is 18.4 Å². The first-order valence-electron chi connectivity index (χ1n) is 5.30. The molecular weight excluding hydrogens is 280 g/mol. The van der Waals surface area contributed by atoms with Crippen LogP contribution in [0.4, 0.5) is 0 Å². The molecule has 104 valence electrons. The lowest BCUT2D eigenvalue weighted by Gasteiger charge is -2.24. The lowest BCUT2D eigenvalue weighted by atomic mass is 10.2. The Morgan fingerprint density at radius 1 is 1.67 bits per heavy atom. The van der Waals surface area contributed by atoms with Gasteiger partial charge in [-0.05, 0) is 18.4 Å². The molecule has 0 bridgehead atoms. The van der Waals surface area contributed by atoms with Crippen molar-refractivity contribution in [2.75, 3.05) is 18.6 Å². The van der Waals surface area contributed by atoms with E-state index in [4.69, 9.17) is 10.2 Å². The Bertz CT molecular complexity index is 436. The van der Waals surface area contributed by atoms with Gasteiger partial charge < -0.3 is 10.0 Å². The highest BCUT2D eigenvalue weighted by Gasteiger charge is 2.41. The van der Waals surface area contributed by atoms with E-state index in [1.165, 1.54) is 11.8 Å². The highest BCUT2D eigenvalue weighted by molar-refractivity contribution is 7.98. The second-order valence-corrected chi connectivity index (χ2v) is 6.93. The molecule has 0 aliphatic carbocycles. The Morgan fingerprint density at radius 2 is 2.28 bits per heavy atom. The molecule has 0 aromatic rings. The van der Waals surface area contributed by atoms with E-state index in [0.717, 1.165) is 4.90 Å². The molecule has 0 aromatic carbocycles. The molecule has 1 amide bonds. The van der Waals surface area contributed by atoms with Gasteiger partial charge in [0.25, 0.3) is 0 Å². The molecule has 0 spiro atoms. The zero-order valence-electron chi connectivity index (χ0n) is 9.90. The van der Waals surface area contributed by atoms with Gasteiger partial charge in [0.2, 0.25) is 15.9 Å². The number of hydrogen-bond acceptors (Lipinski definition) is 5. The number of sulfonamides is 1. The molecule has 0 radical (unpaired) electrons. The highest BCUT2D eigenvalue weighted by Crippen LogP contribution is 2.21. The van der Waals surface area contributed by atoms with Crippen LogP contribution in [0.5, 0.6) is 0 Å². The number of nitrogens with zero attached hydrogens (tertiary/aromatic N) is 1. The number of thioether (sulfide) groups is 1. The maximum atomic E-state index is 11.7. The number of carboxylic acids is 1. The van der Waals surface area contributed by atoms with Crippen LogP contribution in [0.25, 0.3) is 0 Å². The molecule has 1 heterocycles. The Hall–Kier alpha value is -0.800. The van der Waals surface area contributed by atoms with Gasteiger partial charge in [-0.3, -0.25) is 4.79 Å². The molecule has 7 nitrogen and oxygen atoms in total. The standard InChI is InChI=1S/C9H16N2O5S2/c1-17-3-2-7(9(13)14)11-5-6(4-8(11)12)18(10,15)16/h6-7H,2-5H2,1H3,(H,13,14)(H2,10,15,16). The van der Waals surface area contributed by atoms with Gasteiger partial charge in [-0.2, -0.15) is 11.8 Å². The minimum absolute atomic E-state index is 0.136. The fraction of sp³-hybridized carbons (Fsp3) is 0.778. The first-order chi connectivity index (χ1) is 8.27. The number of nitrogens with two attached hydrogens (primary N) is 1. The zero-order valence-corrected chi connectivity index (χ0v) is 11.5. The largest absolute Gasteiger partial charge is 0.480 e. The van der Waals surface area contributed by atoms with Crippen molar-refractivity contribution in [1.29, 1.82) is 0 Å². The third kappa shape index (κ3) is 3.59. The molecule has 3 N–H and O–H groups in total. The summed E-state index contributed by atoms with van der Waals surface area (Å²) in [6.07, 6.45) is 1.89. The summed E-state index contributed by atoms with van der Waals surface area (Å²) in [5.41, 5.74) is 0. The predicted octanol–water partition coefficient (Wildman–Crippen LogP) is -0.918. The zero-order chi connectivity index (χ0) is 13.9. The van der Waals surface area contributed by atoms with Crippen LogP contribution in [0, 0.1) is 0 Å². The number of amides is 1. The molecule has 1 saturated heterocycles. The van der Waals surface area contributed by atoms with Gasteiger partial charge in [0.15, 0.2) is 0 Å². The second-order valence-electron chi connectivity index (χ2n) is 4.10. The van der Waals surface area contributed by atoms with E-state index in [0.29, 0.717) is 12.2 Å². The highest BCUT2D eigenvalue weighted by atomic mass is 32.2. The molecule has 1 aliphatic heterocycles. The van der Waals surface area contributed by atoms with Gasteiger partial charge >= 0.3 is 5.97 Å².